The van der Waals surface area contributed by atoms with Crippen molar-refractivity contribution in [1.29, 1.82) is 0 Å². The highest BCUT2D eigenvalue weighted by molar-refractivity contribution is 7.90. The first-order chi connectivity index (χ1) is 14.1. The van der Waals surface area contributed by atoms with E-state index in [0.29, 0.717) is 24.9 Å². The van der Waals surface area contributed by atoms with E-state index in [2.05, 4.69) is 10.2 Å². The molecule has 158 valence electrons. The van der Waals surface area contributed by atoms with E-state index in [1.165, 1.54) is 24.3 Å². The minimum Gasteiger partial charge on any atom is -0.342 e. The molecule has 3 aromatic rings. The van der Waals surface area contributed by atoms with Gasteiger partial charge in [-0.25, -0.2) is 12.8 Å². The Kier molecular flexibility index (Phi) is 6.36. The molecule has 0 unspecified atom stereocenters. The van der Waals surface area contributed by atoms with E-state index >= 15 is 0 Å². The molecule has 0 bridgehead atoms. The molecule has 30 heavy (non-hydrogen) atoms. The summed E-state index contributed by atoms with van der Waals surface area (Å²) < 4.78 is 36.6. The van der Waals surface area contributed by atoms with Crippen LogP contribution in [0.5, 0.6) is 0 Å². The van der Waals surface area contributed by atoms with E-state index in [1.54, 1.807) is 37.1 Å². The number of hydrogen-bond donors (Lipinski definition) is 1. The van der Waals surface area contributed by atoms with Crippen LogP contribution in [0.15, 0.2) is 53.4 Å². The fraction of sp³-hybridized carbons (Fsp3) is 0.273. The van der Waals surface area contributed by atoms with Gasteiger partial charge in [-0.15, -0.1) is 0 Å². The summed E-state index contributed by atoms with van der Waals surface area (Å²) in [7, 11) is -1.68. The average molecular weight is 430 g/mol. The van der Waals surface area contributed by atoms with Gasteiger partial charge in [0.2, 0.25) is 0 Å². The van der Waals surface area contributed by atoms with Gasteiger partial charge in [0.05, 0.1) is 10.6 Å². The van der Waals surface area contributed by atoms with Gasteiger partial charge in [0.25, 0.3) is 5.91 Å². The molecule has 1 aromatic heterocycles. The summed E-state index contributed by atoms with van der Waals surface area (Å²) in [5.74, 6) is -0.505. The Labute approximate surface area is 175 Å². The summed E-state index contributed by atoms with van der Waals surface area (Å²) in [6.07, 6.45) is 2.52. The summed E-state index contributed by atoms with van der Waals surface area (Å²) >= 11 is 0. The van der Waals surface area contributed by atoms with Gasteiger partial charge in [-0.2, -0.15) is 5.10 Å². The lowest BCUT2D eigenvalue weighted by Crippen LogP contribution is -2.28. The number of carbonyl (C=O) groups is 1. The van der Waals surface area contributed by atoms with Crippen LogP contribution in [0, 0.1) is 12.7 Å². The molecule has 1 heterocycles. The van der Waals surface area contributed by atoms with Crippen LogP contribution in [-0.2, 0) is 16.3 Å². The van der Waals surface area contributed by atoms with Crippen molar-refractivity contribution in [3.8, 4) is 11.3 Å². The number of benzene rings is 2. The molecule has 1 amide bonds. The van der Waals surface area contributed by atoms with E-state index in [9.17, 15) is 17.6 Å². The molecule has 0 fully saturated rings. The number of amides is 1. The number of halogens is 1. The van der Waals surface area contributed by atoms with Gasteiger partial charge in [0, 0.05) is 36.7 Å². The lowest BCUT2D eigenvalue weighted by molar-refractivity contribution is 0.0792. The van der Waals surface area contributed by atoms with Crippen molar-refractivity contribution in [1.82, 2.24) is 15.1 Å². The Hall–Kier alpha value is -3.00. The number of aromatic amines is 1. The van der Waals surface area contributed by atoms with E-state index < -0.39 is 9.84 Å². The summed E-state index contributed by atoms with van der Waals surface area (Å²) in [4.78, 5) is 14.5. The monoisotopic (exact) mass is 429 g/mol. The number of H-pyrrole nitrogens is 1. The summed E-state index contributed by atoms with van der Waals surface area (Å²) in [5.41, 5.74) is 3.61. The largest absolute Gasteiger partial charge is 0.342 e. The molecule has 8 heteroatoms. The maximum Gasteiger partial charge on any atom is 0.253 e. The number of sulfone groups is 1. The van der Waals surface area contributed by atoms with Gasteiger partial charge in [-0.05, 0) is 67.8 Å². The molecule has 1 N–H and O–H groups in total. The topological polar surface area (TPSA) is 83.1 Å². The zero-order valence-corrected chi connectivity index (χ0v) is 18.0. The van der Waals surface area contributed by atoms with Gasteiger partial charge < -0.3 is 4.90 Å². The predicted octanol–water partition coefficient (Wildman–Crippen LogP) is 3.63. The molecule has 0 atom stereocenters. The normalized spacial score (nSPS) is 11.5. The van der Waals surface area contributed by atoms with Crippen molar-refractivity contribution in [2.75, 3.05) is 19.8 Å². The second kappa shape index (κ2) is 8.79. The molecule has 0 aliphatic rings. The minimum absolute atomic E-state index is 0.135. The van der Waals surface area contributed by atoms with E-state index in [1.807, 2.05) is 6.07 Å². The molecule has 3 rings (SSSR count). The third-order valence-electron chi connectivity index (χ3n) is 4.92. The average Bonchev–Trinajstić information content (AvgIpc) is 3.16. The molecule has 0 spiro atoms. The van der Waals surface area contributed by atoms with Crippen LogP contribution in [0.3, 0.4) is 0 Å². The standard InChI is InChI=1S/C22H24FN3O3S/c1-15-6-11-19(30(3,28)29)14-20(15)22(27)26(2)12-4-5-18-13-21(25-24-18)16-7-9-17(23)10-8-16/h6-11,13-14H,4-5,12H2,1-3H3,(H,24,25). The molecule has 0 aliphatic carbocycles. The predicted molar refractivity (Wildman–Crippen MR) is 114 cm³/mol. The molecule has 2 aromatic carbocycles. The maximum absolute atomic E-state index is 13.1. The first kappa shape index (κ1) is 21.7. The Bertz CT molecular complexity index is 1150. The Morgan fingerprint density at radius 2 is 1.83 bits per heavy atom. The molecular weight excluding hydrogens is 405 g/mol. The second-order valence-electron chi connectivity index (χ2n) is 7.36. The molecule has 0 saturated heterocycles. The van der Waals surface area contributed by atoms with Gasteiger partial charge in [-0.1, -0.05) is 6.07 Å². The Balaban J connectivity index is 1.60. The zero-order valence-electron chi connectivity index (χ0n) is 17.1. The summed E-state index contributed by atoms with van der Waals surface area (Å²) in [6.45, 7) is 2.29. The van der Waals surface area contributed by atoms with Crippen LogP contribution in [0.2, 0.25) is 0 Å². The maximum atomic E-state index is 13.1. The number of aromatic nitrogens is 2. The van der Waals surface area contributed by atoms with Gasteiger partial charge >= 0.3 is 0 Å². The number of nitrogens with zero attached hydrogens (tertiary/aromatic N) is 2. The van der Waals surface area contributed by atoms with Crippen LogP contribution in [0.4, 0.5) is 4.39 Å². The van der Waals surface area contributed by atoms with Crippen molar-refractivity contribution in [3.63, 3.8) is 0 Å². The van der Waals surface area contributed by atoms with Gasteiger partial charge in [0.1, 0.15) is 5.82 Å². The zero-order chi connectivity index (χ0) is 21.9. The molecular formula is C22H24FN3O3S. The first-order valence-corrected chi connectivity index (χ1v) is 11.4. The van der Waals surface area contributed by atoms with E-state index in [4.69, 9.17) is 0 Å². The third kappa shape index (κ3) is 5.13. The highest BCUT2D eigenvalue weighted by Crippen LogP contribution is 2.19. The van der Waals surface area contributed by atoms with Crippen LogP contribution < -0.4 is 0 Å². The van der Waals surface area contributed by atoms with Crippen molar-refractivity contribution in [3.05, 3.63) is 71.2 Å². The Morgan fingerprint density at radius 3 is 2.50 bits per heavy atom. The first-order valence-electron chi connectivity index (χ1n) is 9.51. The third-order valence-corrected chi connectivity index (χ3v) is 6.04. The summed E-state index contributed by atoms with van der Waals surface area (Å²) in [6, 6.07) is 12.7. The highest BCUT2D eigenvalue weighted by atomic mass is 32.2. The number of hydrogen-bond acceptors (Lipinski definition) is 4. The minimum atomic E-state index is -3.38. The van der Waals surface area contributed by atoms with Crippen molar-refractivity contribution in [2.24, 2.45) is 0 Å². The summed E-state index contributed by atoms with van der Waals surface area (Å²) in [5, 5.41) is 7.23. The van der Waals surface area contributed by atoms with E-state index in [0.717, 1.165) is 28.8 Å². The lowest BCUT2D eigenvalue weighted by atomic mass is 10.1. The molecule has 0 radical (unpaired) electrons. The van der Waals surface area contributed by atoms with Crippen molar-refractivity contribution >= 4 is 15.7 Å². The Morgan fingerprint density at radius 1 is 1.13 bits per heavy atom. The van der Waals surface area contributed by atoms with Crippen molar-refractivity contribution < 1.29 is 17.6 Å². The molecule has 6 nitrogen and oxygen atoms in total. The lowest BCUT2D eigenvalue weighted by Gasteiger charge is -2.18. The quantitative estimate of drug-likeness (QED) is 0.622. The second-order valence-corrected chi connectivity index (χ2v) is 9.38. The van der Waals surface area contributed by atoms with E-state index in [-0.39, 0.29) is 16.6 Å². The number of nitrogens with one attached hydrogen (secondary N) is 1. The number of carbonyl (C=O) groups excluding carboxylic acids is 1. The fourth-order valence-corrected chi connectivity index (χ4v) is 3.78. The number of aryl methyl sites for hydroxylation is 2. The highest BCUT2D eigenvalue weighted by Gasteiger charge is 2.17. The van der Waals surface area contributed by atoms with Crippen LogP contribution in [0.1, 0.15) is 28.0 Å². The van der Waals surface area contributed by atoms with Gasteiger partial charge in [0.15, 0.2) is 9.84 Å². The van der Waals surface area contributed by atoms with Crippen LogP contribution in [-0.4, -0.2) is 49.3 Å². The van der Waals surface area contributed by atoms with Crippen LogP contribution >= 0.6 is 0 Å². The SMILES string of the molecule is Cc1ccc(S(C)(=O)=O)cc1C(=O)N(C)CCCc1cc(-c2ccc(F)cc2)n[nH]1. The number of rotatable bonds is 7. The van der Waals surface area contributed by atoms with Crippen molar-refractivity contribution in [2.45, 2.75) is 24.7 Å². The molecule has 0 aliphatic heterocycles. The van der Waals surface area contributed by atoms with Crippen LogP contribution in [0.25, 0.3) is 11.3 Å². The van der Waals surface area contributed by atoms with Gasteiger partial charge in [-0.3, -0.25) is 9.89 Å². The molecule has 0 saturated carbocycles. The smallest absolute Gasteiger partial charge is 0.253 e. The fourth-order valence-electron chi connectivity index (χ4n) is 3.13.